The zero-order chi connectivity index (χ0) is 12.8. The molecule has 0 saturated heterocycles. The van der Waals surface area contributed by atoms with Gasteiger partial charge in [-0.25, -0.2) is 4.79 Å². The first kappa shape index (κ1) is 12.0. The molecule has 0 aliphatic carbocycles. The number of amides is 2. The molecule has 0 unspecified atom stereocenters. The molecular formula is C12H14N4O2. The van der Waals surface area contributed by atoms with E-state index in [9.17, 15) is 4.79 Å². The van der Waals surface area contributed by atoms with E-state index < -0.39 is 0 Å². The highest BCUT2D eigenvalue weighted by atomic mass is 16.5. The van der Waals surface area contributed by atoms with Crippen molar-refractivity contribution in [2.45, 2.75) is 6.54 Å². The quantitative estimate of drug-likeness (QED) is 0.768. The first-order valence-electron chi connectivity index (χ1n) is 5.45. The number of carbonyl (C=O) groups is 1. The standard InChI is InChI=1S/C12H14N4O2/c1-18-11-5-3-2-4-10(11)15-12(17)13-8-9-6-7-14-16-9/h2-7H,8H2,1H3,(H,14,16)(H2,13,15,17). The van der Waals surface area contributed by atoms with Crippen molar-refractivity contribution in [2.24, 2.45) is 0 Å². The number of para-hydroxylation sites is 2. The summed E-state index contributed by atoms with van der Waals surface area (Å²) in [5.74, 6) is 0.620. The molecule has 0 aliphatic heterocycles. The second kappa shape index (κ2) is 5.72. The van der Waals surface area contributed by atoms with Crippen molar-refractivity contribution in [3.63, 3.8) is 0 Å². The largest absolute Gasteiger partial charge is 0.495 e. The molecule has 1 aromatic carbocycles. The number of nitrogens with one attached hydrogen (secondary N) is 3. The van der Waals surface area contributed by atoms with Gasteiger partial charge in [-0.05, 0) is 18.2 Å². The third-order valence-electron chi connectivity index (χ3n) is 2.35. The van der Waals surface area contributed by atoms with Gasteiger partial charge in [0.2, 0.25) is 0 Å². The number of benzene rings is 1. The van der Waals surface area contributed by atoms with Gasteiger partial charge in [-0.2, -0.15) is 5.10 Å². The summed E-state index contributed by atoms with van der Waals surface area (Å²) in [5, 5.41) is 12.0. The van der Waals surface area contributed by atoms with Crippen LogP contribution < -0.4 is 15.4 Å². The van der Waals surface area contributed by atoms with Crippen LogP contribution in [0.3, 0.4) is 0 Å². The van der Waals surface area contributed by atoms with Gasteiger partial charge >= 0.3 is 6.03 Å². The van der Waals surface area contributed by atoms with Crippen molar-refractivity contribution >= 4 is 11.7 Å². The van der Waals surface area contributed by atoms with E-state index in [1.54, 1.807) is 31.5 Å². The molecule has 0 saturated carbocycles. The summed E-state index contributed by atoms with van der Waals surface area (Å²) in [6.45, 7) is 0.390. The lowest BCUT2D eigenvalue weighted by Crippen LogP contribution is -2.28. The van der Waals surface area contributed by atoms with Crippen LogP contribution in [0, 0.1) is 0 Å². The molecule has 0 spiro atoms. The van der Waals surface area contributed by atoms with E-state index in [-0.39, 0.29) is 6.03 Å². The molecule has 6 heteroatoms. The third-order valence-corrected chi connectivity index (χ3v) is 2.35. The number of aromatic nitrogens is 2. The van der Waals surface area contributed by atoms with Crippen molar-refractivity contribution in [1.82, 2.24) is 15.5 Å². The maximum atomic E-state index is 11.7. The van der Waals surface area contributed by atoms with Crippen molar-refractivity contribution in [2.75, 3.05) is 12.4 Å². The average molecular weight is 246 g/mol. The number of hydrogen-bond donors (Lipinski definition) is 3. The zero-order valence-electron chi connectivity index (χ0n) is 9.93. The molecule has 94 valence electrons. The summed E-state index contributed by atoms with van der Waals surface area (Å²) in [4.78, 5) is 11.7. The van der Waals surface area contributed by atoms with Crippen LogP contribution in [-0.4, -0.2) is 23.3 Å². The molecule has 1 aromatic heterocycles. The van der Waals surface area contributed by atoms with Gasteiger partial charge in [0.1, 0.15) is 5.75 Å². The highest BCUT2D eigenvalue weighted by Gasteiger charge is 2.06. The number of nitrogens with zero attached hydrogens (tertiary/aromatic N) is 1. The van der Waals surface area contributed by atoms with Gasteiger partial charge in [-0.1, -0.05) is 12.1 Å². The van der Waals surface area contributed by atoms with Crippen LogP contribution in [0.15, 0.2) is 36.5 Å². The van der Waals surface area contributed by atoms with Crippen LogP contribution in [0.5, 0.6) is 5.75 Å². The molecule has 6 nitrogen and oxygen atoms in total. The van der Waals surface area contributed by atoms with Gasteiger partial charge in [0.05, 0.1) is 25.0 Å². The first-order valence-corrected chi connectivity index (χ1v) is 5.45. The summed E-state index contributed by atoms with van der Waals surface area (Å²) in [5.41, 5.74) is 1.47. The van der Waals surface area contributed by atoms with Gasteiger partial charge in [0.25, 0.3) is 0 Å². The Morgan fingerprint density at radius 2 is 2.22 bits per heavy atom. The maximum Gasteiger partial charge on any atom is 0.319 e. The molecule has 0 fully saturated rings. The van der Waals surface area contributed by atoms with Crippen LogP contribution >= 0.6 is 0 Å². The molecule has 2 aromatic rings. The van der Waals surface area contributed by atoms with E-state index in [4.69, 9.17) is 4.74 Å². The summed E-state index contributed by atoms with van der Waals surface area (Å²) in [6, 6.07) is 8.72. The van der Waals surface area contributed by atoms with Gasteiger partial charge in [0, 0.05) is 6.20 Å². The van der Waals surface area contributed by atoms with E-state index in [0.717, 1.165) is 5.69 Å². The number of anilines is 1. The molecule has 0 bridgehead atoms. The maximum absolute atomic E-state index is 11.7. The summed E-state index contributed by atoms with van der Waals surface area (Å²) in [6.07, 6.45) is 1.63. The molecule has 0 atom stereocenters. The highest BCUT2D eigenvalue weighted by Crippen LogP contribution is 2.22. The second-order valence-corrected chi connectivity index (χ2v) is 3.59. The van der Waals surface area contributed by atoms with E-state index >= 15 is 0 Å². The van der Waals surface area contributed by atoms with E-state index in [0.29, 0.717) is 18.0 Å². The fraction of sp³-hybridized carbons (Fsp3) is 0.167. The normalized spacial score (nSPS) is 9.83. The Morgan fingerprint density at radius 3 is 2.94 bits per heavy atom. The van der Waals surface area contributed by atoms with E-state index in [1.165, 1.54) is 0 Å². The van der Waals surface area contributed by atoms with Gasteiger partial charge in [-0.15, -0.1) is 0 Å². The van der Waals surface area contributed by atoms with Crippen LogP contribution in [0.25, 0.3) is 0 Å². The van der Waals surface area contributed by atoms with Crippen LogP contribution in [0.2, 0.25) is 0 Å². The predicted molar refractivity (Wildman–Crippen MR) is 67.4 cm³/mol. The number of ether oxygens (including phenoxy) is 1. The summed E-state index contributed by atoms with van der Waals surface area (Å²) < 4.78 is 5.14. The minimum Gasteiger partial charge on any atom is -0.495 e. The Morgan fingerprint density at radius 1 is 1.39 bits per heavy atom. The smallest absolute Gasteiger partial charge is 0.319 e. The number of urea groups is 1. The number of methoxy groups -OCH3 is 1. The molecule has 2 rings (SSSR count). The monoisotopic (exact) mass is 246 g/mol. The van der Waals surface area contributed by atoms with Crippen molar-refractivity contribution < 1.29 is 9.53 Å². The zero-order valence-corrected chi connectivity index (χ0v) is 9.93. The minimum absolute atomic E-state index is 0.297. The molecule has 18 heavy (non-hydrogen) atoms. The number of hydrogen-bond acceptors (Lipinski definition) is 3. The van der Waals surface area contributed by atoms with Crippen molar-refractivity contribution in [3.8, 4) is 5.75 Å². The van der Waals surface area contributed by atoms with Gasteiger partial charge in [0.15, 0.2) is 0 Å². The lowest BCUT2D eigenvalue weighted by molar-refractivity contribution is 0.251. The first-order chi connectivity index (χ1) is 8.79. The predicted octanol–water partition coefficient (Wildman–Crippen LogP) is 1.74. The lowest BCUT2D eigenvalue weighted by Gasteiger charge is -2.10. The number of aromatic amines is 1. The van der Waals surface area contributed by atoms with Gasteiger partial charge < -0.3 is 15.4 Å². The molecular weight excluding hydrogens is 232 g/mol. The number of rotatable bonds is 4. The Balaban J connectivity index is 1.90. The average Bonchev–Trinajstić information content (AvgIpc) is 2.90. The highest BCUT2D eigenvalue weighted by molar-refractivity contribution is 5.90. The van der Waals surface area contributed by atoms with Crippen molar-refractivity contribution in [3.05, 3.63) is 42.2 Å². The SMILES string of the molecule is COc1ccccc1NC(=O)NCc1ccn[nH]1. The molecule has 0 radical (unpaired) electrons. The summed E-state index contributed by atoms with van der Waals surface area (Å²) >= 11 is 0. The Kier molecular flexibility index (Phi) is 3.80. The molecule has 3 N–H and O–H groups in total. The number of carbonyl (C=O) groups excluding carboxylic acids is 1. The second-order valence-electron chi connectivity index (χ2n) is 3.59. The third kappa shape index (κ3) is 3.00. The van der Waals surface area contributed by atoms with Crippen molar-refractivity contribution in [1.29, 1.82) is 0 Å². The summed E-state index contributed by atoms with van der Waals surface area (Å²) in [7, 11) is 1.56. The van der Waals surface area contributed by atoms with Crippen LogP contribution in [0.4, 0.5) is 10.5 Å². The Bertz CT molecular complexity index is 511. The van der Waals surface area contributed by atoms with Crippen LogP contribution in [-0.2, 0) is 6.54 Å². The fourth-order valence-corrected chi connectivity index (χ4v) is 1.47. The molecule has 0 aliphatic rings. The fourth-order valence-electron chi connectivity index (χ4n) is 1.47. The number of H-pyrrole nitrogens is 1. The van der Waals surface area contributed by atoms with E-state index in [1.807, 2.05) is 12.1 Å². The van der Waals surface area contributed by atoms with Crippen LogP contribution in [0.1, 0.15) is 5.69 Å². The topological polar surface area (TPSA) is 79.0 Å². The van der Waals surface area contributed by atoms with E-state index in [2.05, 4.69) is 20.8 Å². The Hall–Kier alpha value is -2.50. The van der Waals surface area contributed by atoms with Gasteiger partial charge in [-0.3, -0.25) is 5.10 Å². The molecule has 1 heterocycles. The minimum atomic E-state index is -0.297. The molecule has 2 amide bonds. The Labute approximate surface area is 104 Å². The lowest BCUT2D eigenvalue weighted by atomic mass is 10.3.